The highest BCUT2D eigenvalue weighted by Crippen LogP contribution is 2.47. The minimum Gasteiger partial charge on any atom is -0.507 e. The van der Waals surface area contributed by atoms with Gasteiger partial charge in [-0.05, 0) is 49.7 Å². The fourth-order valence-electron chi connectivity index (χ4n) is 4.51. The molecule has 0 spiro atoms. The lowest BCUT2D eigenvalue weighted by atomic mass is 9.94. The van der Waals surface area contributed by atoms with Crippen LogP contribution in [0.4, 0.5) is 0 Å². The standard InChI is InChI=1S/C30H29Cl2NO7/c1-17(2)39-14-13-33-25(18-9-8-12-20(15-18)40-19-10-6-5-7-11-19)23(27(35)30(33)36)26(34)21-16-22(31)29(38-4)24(32)28(21)37-3/h5-12,15-17,25,34H,13-14H2,1-4H3/b26-23+. The molecule has 1 amide bonds. The number of benzene rings is 3. The molecule has 0 radical (unpaired) electrons. The van der Waals surface area contributed by atoms with Crippen molar-refractivity contribution in [2.75, 3.05) is 27.4 Å². The number of amides is 1. The largest absolute Gasteiger partial charge is 0.507 e. The second-order valence-corrected chi connectivity index (χ2v) is 9.97. The summed E-state index contributed by atoms with van der Waals surface area (Å²) in [5, 5.41) is 11.7. The molecule has 3 aromatic rings. The first-order valence-corrected chi connectivity index (χ1v) is 13.3. The molecule has 1 unspecified atom stereocenters. The molecule has 0 aromatic heterocycles. The number of carbonyl (C=O) groups is 2. The van der Waals surface area contributed by atoms with Gasteiger partial charge in [-0.1, -0.05) is 53.5 Å². The van der Waals surface area contributed by atoms with E-state index in [1.54, 1.807) is 24.3 Å². The van der Waals surface area contributed by atoms with E-state index in [2.05, 4.69) is 0 Å². The molecule has 1 atom stereocenters. The number of likely N-dealkylation sites (tertiary alicyclic amines) is 1. The Bertz CT molecular complexity index is 1440. The first-order chi connectivity index (χ1) is 19.2. The third-order valence-electron chi connectivity index (χ3n) is 6.27. The summed E-state index contributed by atoms with van der Waals surface area (Å²) in [5.74, 6) is -0.857. The van der Waals surface area contributed by atoms with Crippen molar-refractivity contribution in [2.45, 2.75) is 26.0 Å². The summed E-state index contributed by atoms with van der Waals surface area (Å²) in [6.45, 7) is 4.04. The van der Waals surface area contributed by atoms with Crippen molar-refractivity contribution in [3.63, 3.8) is 0 Å². The molecule has 1 N–H and O–H groups in total. The molecular weight excluding hydrogens is 557 g/mol. The monoisotopic (exact) mass is 585 g/mol. The summed E-state index contributed by atoms with van der Waals surface area (Å²) in [7, 11) is 2.75. The van der Waals surface area contributed by atoms with Crippen LogP contribution in [0.25, 0.3) is 5.76 Å². The summed E-state index contributed by atoms with van der Waals surface area (Å²) >= 11 is 12.8. The van der Waals surface area contributed by atoms with Crippen molar-refractivity contribution >= 4 is 40.7 Å². The molecule has 0 saturated carbocycles. The van der Waals surface area contributed by atoms with E-state index < -0.39 is 23.5 Å². The molecule has 1 aliphatic rings. The van der Waals surface area contributed by atoms with Crippen molar-refractivity contribution in [3.05, 3.63) is 87.4 Å². The van der Waals surface area contributed by atoms with Crippen molar-refractivity contribution in [2.24, 2.45) is 0 Å². The Labute approximate surface area is 242 Å². The second kappa shape index (κ2) is 12.6. The fourth-order valence-corrected chi connectivity index (χ4v) is 5.20. The Morgan fingerprint density at radius 1 is 0.950 bits per heavy atom. The normalized spacial score (nSPS) is 16.5. The first-order valence-electron chi connectivity index (χ1n) is 12.5. The molecule has 10 heteroatoms. The topological polar surface area (TPSA) is 94.5 Å². The molecule has 3 aromatic carbocycles. The Morgan fingerprint density at radius 3 is 2.27 bits per heavy atom. The Morgan fingerprint density at radius 2 is 1.62 bits per heavy atom. The third-order valence-corrected chi connectivity index (χ3v) is 6.89. The van der Waals surface area contributed by atoms with Crippen LogP contribution in [0, 0.1) is 0 Å². The SMILES string of the molecule is COc1c(Cl)cc(/C(O)=C2\C(=O)C(=O)N(CCOC(C)C)C2c2cccc(Oc3ccccc3)c2)c(OC)c1Cl. The number of Topliss-reactive ketones (excluding diaryl/α,β-unsaturated/α-hetero) is 1. The molecule has 1 aliphatic heterocycles. The third kappa shape index (κ3) is 5.89. The number of ether oxygens (including phenoxy) is 4. The molecule has 0 aliphatic carbocycles. The van der Waals surface area contributed by atoms with E-state index in [0.717, 1.165) is 0 Å². The van der Waals surface area contributed by atoms with Crippen LogP contribution in [-0.4, -0.2) is 55.2 Å². The van der Waals surface area contributed by atoms with Gasteiger partial charge < -0.3 is 29.0 Å². The number of halogens is 2. The van der Waals surface area contributed by atoms with E-state index in [1.165, 1.54) is 25.2 Å². The highest BCUT2D eigenvalue weighted by Gasteiger charge is 2.46. The van der Waals surface area contributed by atoms with Crippen LogP contribution < -0.4 is 14.2 Å². The number of nitrogens with zero attached hydrogens (tertiary/aromatic N) is 1. The highest BCUT2D eigenvalue weighted by atomic mass is 35.5. The van der Waals surface area contributed by atoms with Gasteiger partial charge in [0.25, 0.3) is 11.7 Å². The maximum absolute atomic E-state index is 13.5. The maximum atomic E-state index is 13.5. The summed E-state index contributed by atoms with van der Waals surface area (Å²) in [6, 6.07) is 16.6. The lowest BCUT2D eigenvalue weighted by molar-refractivity contribution is -0.140. The molecule has 1 fully saturated rings. The summed E-state index contributed by atoms with van der Waals surface area (Å²) in [4.78, 5) is 28.2. The van der Waals surface area contributed by atoms with Gasteiger partial charge in [0, 0.05) is 6.54 Å². The predicted octanol–water partition coefficient (Wildman–Crippen LogP) is 6.65. The molecule has 1 saturated heterocycles. The van der Waals surface area contributed by atoms with Gasteiger partial charge >= 0.3 is 0 Å². The van der Waals surface area contributed by atoms with Crippen LogP contribution >= 0.6 is 23.2 Å². The number of para-hydroxylation sites is 1. The minimum atomic E-state index is -0.959. The summed E-state index contributed by atoms with van der Waals surface area (Å²) in [6.07, 6.45) is -0.0780. The number of methoxy groups -OCH3 is 2. The van der Waals surface area contributed by atoms with Crippen LogP contribution in [0.15, 0.2) is 66.2 Å². The zero-order valence-electron chi connectivity index (χ0n) is 22.4. The molecule has 1 heterocycles. The number of aliphatic hydroxyl groups is 1. The first kappa shape index (κ1) is 29.3. The molecule has 0 bridgehead atoms. The van der Waals surface area contributed by atoms with Crippen LogP contribution in [0.1, 0.15) is 31.0 Å². The Balaban J connectivity index is 1.87. The van der Waals surface area contributed by atoms with E-state index in [9.17, 15) is 14.7 Å². The van der Waals surface area contributed by atoms with Gasteiger partial charge in [-0.25, -0.2) is 0 Å². The van der Waals surface area contributed by atoms with E-state index in [0.29, 0.717) is 17.1 Å². The van der Waals surface area contributed by atoms with Crippen LogP contribution in [0.2, 0.25) is 10.0 Å². The van der Waals surface area contributed by atoms with E-state index >= 15 is 0 Å². The van der Waals surface area contributed by atoms with Crippen molar-refractivity contribution < 1.29 is 33.6 Å². The van der Waals surface area contributed by atoms with Gasteiger partial charge in [-0.2, -0.15) is 0 Å². The van der Waals surface area contributed by atoms with Crippen LogP contribution in [0.5, 0.6) is 23.0 Å². The predicted molar refractivity (Wildman–Crippen MR) is 153 cm³/mol. The van der Waals surface area contributed by atoms with Gasteiger partial charge in [0.05, 0.1) is 49.1 Å². The van der Waals surface area contributed by atoms with Crippen molar-refractivity contribution in [1.29, 1.82) is 0 Å². The molecule has 40 heavy (non-hydrogen) atoms. The molecule has 8 nitrogen and oxygen atoms in total. The summed E-state index contributed by atoms with van der Waals surface area (Å²) in [5.41, 5.74) is 0.432. The maximum Gasteiger partial charge on any atom is 0.295 e. The average Bonchev–Trinajstić information content (AvgIpc) is 3.18. The zero-order chi connectivity index (χ0) is 29.0. The summed E-state index contributed by atoms with van der Waals surface area (Å²) < 4.78 is 22.4. The lowest BCUT2D eigenvalue weighted by Crippen LogP contribution is -2.33. The van der Waals surface area contributed by atoms with Gasteiger partial charge in [-0.3, -0.25) is 9.59 Å². The minimum absolute atomic E-state index is 0.00780. The molecule has 4 rings (SSSR count). The Hall–Kier alpha value is -3.72. The van der Waals surface area contributed by atoms with Gasteiger partial charge in [0.1, 0.15) is 22.3 Å². The second-order valence-electron chi connectivity index (χ2n) is 9.19. The number of rotatable bonds is 10. The van der Waals surface area contributed by atoms with E-state index in [1.807, 2.05) is 44.2 Å². The quantitative estimate of drug-likeness (QED) is 0.162. The van der Waals surface area contributed by atoms with Crippen molar-refractivity contribution in [3.8, 4) is 23.0 Å². The number of hydrogen-bond donors (Lipinski definition) is 1. The van der Waals surface area contributed by atoms with E-state index in [4.69, 9.17) is 42.1 Å². The zero-order valence-corrected chi connectivity index (χ0v) is 24.0. The van der Waals surface area contributed by atoms with Crippen LogP contribution in [0.3, 0.4) is 0 Å². The number of aliphatic hydroxyl groups excluding tert-OH is 1. The van der Waals surface area contributed by atoms with E-state index in [-0.39, 0.29) is 51.9 Å². The van der Waals surface area contributed by atoms with Gasteiger partial charge in [-0.15, -0.1) is 0 Å². The molecule has 210 valence electrons. The molecular formula is C30H29Cl2NO7. The van der Waals surface area contributed by atoms with Crippen LogP contribution in [-0.2, 0) is 14.3 Å². The van der Waals surface area contributed by atoms with Crippen molar-refractivity contribution in [1.82, 2.24) is 4.90 Å². The highest BCUT2D eigenvalue weighted by molar-refractivity contribution is 6.47. The lowest BCUT2D eigenvalue weighted by Gasteiger charge is -2.26. The van der Waals surface area contributed by atoms with Gasteiger partial charge in [0.15, 0.2) is 11.5 Å². The number of hydrogen-bond acceptors (Lipinski definition) is 7. The average molecular weight is 586 g/mol. The van der Waals surface area contributed by atoms with Gasteiger partial charge in [0.2, 0.25) is 0 Å². The number of ketones is 1. The smallest absolute Gasteiger partial charge is 0.295 e. The Kier molecular flexibility index (Phi) is 9.25. The fraction of sp³-hybridized carbons (Fsp3) is 0.267. The number of carbonyl (C=O) groups excluding carboxylic acids is 2.